The van der Waals surface area contributed by atoms with Gasteiger partial charge in [0.05, 0.1) is 12.6 Å². The number of amides is 1. The molecule has 76 valence electrons. The Morgan fingerprint density at radius 2 is 2.46 bits per heavy atom. The van der Waals surface area contributed by atoms with Gasteiger partial charge in [-0.1, -0.05) is 0 Å². The van der Waals surface area contributed by atoms with E-state index in [1.807, 2.05) is 4.90 Å². The normalized spacial score (nSPS) is 24.8. The van der Waals surface area contributed by atoms with Gasteiger partial charge in [-0.3, -0.25) is 4.79 Å². The van der Waals surface area contributed by atoms with E-state index in [-0.39, 0.29) is 11.9 Å². The minimum absolute atomic E-state index is 0.0543. The summed E-state index contributed by atoms with van der Waals surface area (Å²) in [6.45, 7) is 4.09. The Bertz CT molecular complexity index is 182. The topological polar surface area (TPSA) is 55.6 Å². The van der Waals surface area contributed by atoms with Gasteiger partial charge in [-0.2, -0.15) is 0 Å². The van der Waals surface area contributed by atoms with Gasteiger partial charge >= 0.3 is 0 Å². The molecule has 0 bridgehead atoms. The number of likely N-dealkylation sites (tertiary alicyclic amines) is 1. The zero-order valence-electron chi connectivity index (χ0n) is 8.32. The Kier molecular flexibility index (Phi) is 3.69. The van der Waals surface area contributed by atoms with Gasteiger partial charge in [0.25, 0.3) is 0 Å². The third-order valence-electron chi connectivity index (χ3n) is 2.39. The predicted octanol–water partition coefficient (Wildman–Crippen LogP) is -0.171. The monoisotopic (exact) mass is 186 g/mol. The van der Waals surface area contributed by atoms with E-state index in [0.717, 1.165) is 26.1 Å². The summed E-state index contributed by atoms with van der Waals surface area (Å²) in [5.74, 6) is 0.548. The van der Waals surface area contributed by atoms with E-state index < -0.39 is 0 Å². The first-order chi connectivity index (χ1) is 6.15. The second kappa shape index (κ2) is 4.58. The number of carbonyl (C=O) groups excluding carboxylic acids is 1. The van der Waals surface area contributed by atoms with Crippen molar-refractivity contribution in [2.45, 2.75) is 19.4 Å². The molecule has 0 saturated carbocycles. The minimum atomic E-state index is -0.374. The van der Waals surface area contributed by atoms with Crippen molar-refractivity contribution in [3.63, 3.8) is 0 Å². The van der Waals surface area contributed by atoms with Crippen LogP contribution in [-0.2, 0) is 9.53 Å². The molecule has 1 rings (SSSR count). The Hall–Kier alpha value is -0.610. The number of carbonyl (C=O) groups is 1. The number of hydrogen-bond donors (Lipinski definition) is 1. The largest absolute Gasteiger partial charge is 0.384 e. The van der Waals surface area contributed by atoms with Crippen LogP contribution < -0.4 is 5.73 Å². The molecule has 0 unspecified atom stereocenters. The van der Waals surface area contributed by atoms with Crippen LogP contribution in [0.4, 0.5) is 0 Å². The highest BCUT2D eigenvalue weighted by molar-refractivity contribution is 5.81. The Morgan fingerprint density at radius 3 is 3.00 bits per heavy atom. The average molecular weight is 186 g/mol. The van der Waals surface area contributed by atoms with Crippen molar-refractivity contribution in [1.82, 2.24) is 4.90 Å². The number of hydrogen-bond acceptors (Lipinski definition) is 3. The van der Waals surface area contributed by atoms with Gasteiger partial charge in [-0.25, -0.2) is 0 Å². The van der Waals surface area contributed by atoms with E-state index in [1.165, 1.54) is 0 Å². The molecule has 1 aliphatic rings. The molecule has 1 heterocycles. The van der Waals surface area contributed by atoms with Crippen LogP contribution in [0.3, 0.4) is 0 Å². The lowest BCUT2D eigenvalue weighted by Gasteiger charge is -2.18. The van der Waals surface area contributed by atoms with Crippen LogP contribution in [0.2, 0.25) is 0 Å². The minimum Gasteiger partial charge on any atom is -0.384 e. The van der Waals surface area contributed by atoms with E-state index in [9.17, 15) is 4.79 Å². The summed E-state index contributed by atoms with van der Waals surface area (Å²) in [4.78, 5) is 13.3. The number of nitrogens with zero attached hydrogens (tertiary/aromatic N) is 1. The van der Waals surface area contributed by atoms with Crippen molar-refractivity contribution in [3.05, 3.63) is 0 Å². The highest BCUT2D eigenvalue weighted by atomic mass is 16.5. The van der Waals surface area contributed by atoms with Crippen LogP contribution in [0.5, 0.6) is 0 Å². The van der Waals surface area contributed by atoms with Crippen LogP contribution in [0.25, 0.3) is 0 Å². The smallest absolute Gasteiger partial charge is 0.239 e. The van der Waals surface area contributed by atoms with E-state index >= 15 is 0 Å². The van der Waals surface area contributed by atoms with E-state index in [4.69, 9.17) is 10.5 Å². The molecule has 0 aliphatic carbocycles. The molecule has 0 radical (unpaired) electrons. The van der Waals surface area contributed by atoms with Gasteiger partial charge in [-0.05, 0) is 13.3 Å². The first-order valence-electron chi connectivity index (χ1n) is 4.68. The summed E-state index contributed by atoms with van der Waals surface area (Å²) in [6.07, 6.45) is 1.03. The third-order valence-corrected chi connectivity index (χ3v) is 2.39. The molecule has 2 atom stereocenters. The molecule has 0 spiro atoms. The Labute approximate surface area is 79.0 Å². The van der Waals surface area contributed by atoms with Gasteiger partial charge in [0.15, 0.2) is 0 Å². The average Bonchev–Trinajstić information content (AvgIpc) is 2.52. The molecule has 1 amide bonds. The van der Waals surface area contributed by atoms with E-state index in [1.54, 1.807) is 14.0 Å². The maximum Gasteiger partial charge on any atom is 0.239 e. The molecule has 4 nitrogen and oxygen atoms in total. The van der Waals surface area contributed by atoms with Gasteiger partial charge < -0.3 is 15.4 Å². The Morgan fingerprint density at radius 1 is 1.77 bits per heavy atom. The summed E-state index contributed by atoms with van der Waals surface area (Å²) in [5, 5.41) is 0. The number of ether oxygens (including phenoxy) is 1. The van der Waals surface area contributed by atoms with Crippen molar-refractivity contribution in [1.29, 1.82) is 0 Å². The second-order valence-corrected chi connectivity index (χ2v) is 3.68. The maximum atomic E-state index is 11.5. The van der Waals surface area contributed by atoms with E-state index in [2.05, 4.69) is 0 Å². The fourth-order valence-corrected chi connectivity index (χ4v) is 1.69. The molecule has 1 fully saturated rings. The first kappa shape index (κ1) is 10.5. The van der Waals surface area contributed by atoms with Gasteiger partial charge in [-0.15, -0.1) is 0 Å². The molecule has 1 aliphatic heterocycles. The second-order valence-electron chi connectivity index (χ2n) is 3.68. The summed E-state index contributed by atoms with van der Waals surface area (Å²) in [5.41, 5.74) is 5.51. The van der Waals surface area contributed by atoms with Gasteiger partial charge in [0.2, 0.25) is 5.91 Å². The molecule has 0 aromatic heterocycles. The van der Waals surface area contributed by atoms with Crippen LogP contribution >= 0.6 is 0 Å². The predicted molar refractivity (Wildman–Crippen MR) is 50.2 cm³/mol. The van der Waals surface area contributed by atoms with Crippen molar-refractivity contribution >= 4 is 5.91 Å². The highest BCUT2D eigenvalue weighted by Gasteiger charge is 2.27. The molecular weight excluding hydrogens is 168 g/mol. The molecule has 4 heteroatoms. The third kappa shape index (κ3) is 2.67. The molecule has 0 aromatic carbocycles. The summed E-state index contributed by atoms with van der Waals surface area (Å²) in [7, 11) is 1.69. The summed E-state index contributed by atoms with van der Waals surface area (Å²) >= 11 is 0. The lowest BCUT2D eigenvalue weighted by Crippen LogP contribution is -2.40. The first-order valence-corrected chi connectivity index (χ1v) is 4.68. The number of methoxy groups -OCH3 is 1. The van der Waals surface area contributed by atoms with Crippen molar-refractivity contribution in [3.8, 4) is 0 Å². The molecular formula is C9H18N2O2. The molecule has 1 saturated heterocycles. The lowest BCUT2D eigenvalue weighted by atomic mass is 10.1. The van der Waals surface area contributed by atoms with Gasteiger partial charge in [0, 0.05) is 26.1 Å². The SMILES string of the molecule is COC[C@@H]1CCN(C(=O)[C@H](C)N)C1. The van der Waals surface area contributed by atoms with E-state index in [0.29, 0.717) is 5.92 Å². The molecule has 2 N–H and O–H groups in total. The zero-order chi connectivity index (χ0) is 9.84. The maximum absolute atomic E-state index is 11.5. The van der Waals surface area contributed by atoms with Crippen molar-refractivity contribution in [2.75, 3.05) is 26.8 Å². The summed E-state index contributed by atoms with van der Waals surface area (Å²) < 4.78 is 5.05. The Balaban J connectivity index is 2.36. The number of nitrogens with two attached hydrogens (primary N) is 1. The highest BCUT2D eigenvalue weighted by Crippen LogP contribution is 2.16. The summed E-state index contributed by atoms with van der Waals surface area (Å²) in [6, 6.07) is -0.374. The number of rotatable bonds is 3. The molecule has 13 heavy (non-hydrogen) atoms. The van der Waals surface area contributed by atoms with Crippen LogP contribution in [0, 0.1) is 5.92 Å². The zero-order valence-corrected chi connectivity index (χ0v) is 8.32. The fourth-order valence-electron chi connectivity index (χ4n) is 1.69. The van der Waals surface area contributed by atoms with Crippen molar-refractivity contribution < 1.29 is 9.53 Å². The molecule has 0 aromatic rings. The van der Waals surface area contributed by atoms with Crippen LogP contribution in [0.15, 0.2) is 0 Å². The van der Waals surface area contributed by atoms with Gasteiger partial charge in [0.1, 0.15) is 0 Å². The van der Waals surface area contributed by atoms with Crippen LogP contribution in [-0.4, -0.2) is 43.7 Å². The fraction of sp³-hybridized carbons (Fsp3) is 0.889. The van der Waals surface area contributed by atoms with Crippen molar-refractivity contribution in [2.24, 2.45) is 11.7 Å². The quantitative estimate of drug-likeness (QED) is 0.665. The van der Waals surface area contributed by atoms with Crippen LogP contribution in [0.1, 0.15) is 13.3 Å². The standard InChI is InChI=1S/C9H18N2O2/c1-7(10)9(12)11-4-3-8(5-11)6-13-2/h7-8H,3-6,10H2,1-2H3/t7-,8+/m0/s1. The lowest BCUT2D eigenvalue weighted by molar-refractivity contribution is -0.131.